The molecule has 1 saturated carbocycles. The smallest absolute Gasteiger partial charge is 0.191 e. The summed E-state index contributed by atoms with van der Waals surface area (Å²) in [5.74, 6) is 4.10. The van der Waals surface area contributed by atoms with E-state index in [1.807, 2.05) is 11.8 Å². The van der Waals surface area contributed by atoms with Gasteiger partial charge < -0.3 is 10.6 Å². The molecule has 0 atom stereocenters. The van der Waals surface area contributed by atoms with E-state index in [1.165, 1.54) is 37.2 Å². The molecule has 1 aliphatic carbocycles. The lowest BCUT2D eigenvalue weighted by molar-refractivity contribution is 0.300. The van der Waals surface area contributed by atoms with Crippen molar-refractivity contribution >= 4 is 17.7 Å². The van der Waals surface area contributed by atoms with E-state index >= 15 is 0 Å². The topological polar surface area (TPSA) is 41.6 Å². The first-order valence-corrected chi connectivity index (χ1v) is 7.14. The van der Waals surface area contributed by atoms with Crippen molar-refractivity contribution in [3.05, 3.63) is 0 Å². The lowest BCUT2D eigenvalue weighted by Gasteiger charge is -2.28. The molecule has 2 rings (SSSR count). The molecule has 0 aromatic heterocycles. The minimum atomic E-state index is 0.773. The summed E-state index contributed by atoms with van der Waals surface area (Å²) in [7, 11) is 0. The van der Waals surface area contributed by atoms with Crippen LogP contribution in [0.4, 0.5) is 0 Å². The van der Waals surface area contributed by atoms with Crippen molar-refractivity contribution in [3.8, 4) is 0 Å². The molecular formula is C11H21N3S. The first-order valence-electron chi connectivity index (χ1n) is 5.99. The molecule has 1 saturated heterocycles. The molecule has 2 fully saturated rings. The SMILES string of the molecule is NC(=NCCC1CCC1)N1CCSCC1. The van der Waals surface area contributed by atoms with E-state index in [1.54, 1.807) is 0 Å². The maximum Gasteiger partial charge on any atom is 0.191 e. The Morgan fingerprint density at radius 2 is 2.07 bits per heavy atom. The molecule has 0 amide bonds. The Balaban J connectivity index is 1.68. The highest BCUT2D eigenvalue weighted by Crippen LogP contribution is 2.29. The number of guanidine groups is 1. The van der Waals surface area contributed by atoms with Crippen LogP contribution in [-0.4, -0.2) is 42.0 Å². The molecule has 1 heterocycles. The molecular weight excluding hydrogens is 206 g/mol. The minimum Gasteiger partial charge on any atom is -0.370 e. The van der Waals surface area contributed by atoms with Crippen LogP contribution >= 0.6 is 11.8 Å². The lowest BCUT2D eigenvalue weighted by atomic mass is 9.83. The van der Waals surface area contributed by atoms with Crippen LogP contribution in [0.1, 0.15) is 25.7 Å². The van der Waals surface area contributed by atoms with Crippen molar-refractivity contribution in [1.29, 1.82) is 0 Å². The Hall–Kier alpha value is -0.380. The predicted octanol–water partition coefficient (Wildman–Crippen LogP) is 1.54. The quantitative estimate of drug-likeness (QED) is 0.587. The normalized spacial score (nSPS) is 24.0. The summed E-state index contributed by atoms with van der Waals surface area (Å²) < 4.78 is 0. The van der Waals surface area contributed by atoms with E-state index in [9.17, 15) is 0 Å². The molecule has 0 aromatic rings. The van der Waals surface area contributed by atoms with Gasteiger partial charge in [-0.15, -0.1) is 0 Å². The van der Waals surface area contributed by atoms with Gasteiger partial charge in [0.25, 0.3) is 0 Å². The number of aliphatic imine (C=N–C) groups is 1. The van der Waals surface area contributed by atoms with Crippen LogP contribution < -0.4 is 5.73 Å². The summed E-state index contributed by atoms with van der Waals surface area (Å²) in [4.78, 5) is 6.70. The second-order valence-electron chi connectivity index (χ2n) is 4.42. The maximum absolute atomic E-state index is 5.96. The molecule has 2 N–H and O–H groups in total. The summed E-state index contributed by atoms with van der Waals surface area (Å²) in [6, 6.07) is 0. The molecule has 2 aliphatic rings. The van der Waals surface area contributed by atoms with Gasteiger partial charge >= 0.3 is 0 Å². The van der Waals surface area contributed by atoms with Crippen LogP contribution in [0.3, 0.4) is 0 Å². The van der Waals surface area contributed by atoms with Crippen molar-refractivity contribution in [3.63, 3.8) is 0 Å². The molecule has 0 radical (unpaired) electrons. The highest BCUT2D eigenvalue weighted by molar-refractivity contribution is 7.99. The highest BCUT2D eigenvalue weighted by atomic mass is 32.2. The number of hydrogen-bond acceptors (Lipinski definition) is 2. The fourth-order valence-corrected chi connectivity index (χ4v) is 2.94. The fraction of sp³-hybridized carbons (Fsp3) is 0.909. The molecule has 4 heteroatoms. The number of nitrogens with zero attached hydrogens (tertiary/aromatic N) is 2. The van der Waals surface area contributed by atoms with Crippen LogP contribution in [0.2, 0.25) is 0 Å². The molecule has 0 unspecified atom stereocenters. The Labute approximate surface area is 96.5 Å². The van der Waals surface area contributed by atoms with Gasteiger partial charge in [-0.2, -0.15) is 11.8 Å². The summed E-state index contributed by atoms with van der Waals surface area (Å²) in [5, 5.41) is 0. The zero-order chi connectivity index (χ0) is 10.5. The second kappa shape index (κ2) is 5.64. The van der Waals surface area contributed by atoms with Gasteiger partial charge in [0.1, 0.15) is 0 Å². The average molecular weight is 227 g/mol. The third kappa shape index (κ3) is 3.30. The number of rotatable bonds is 3. The van der Waals surface area contributed by atoms with Crippen molar-refractivity contribution in [2.75, 3.05) is 31.1 Å². The summed E-state index contributed by atoms with van der Waals surface area (Å²) in [6.07, 6.45) is 5.49. The molecule has 0 aromatic carbocycles. The second-order valence-corrected chi connectivity index (χ2v) is 5.65. The van der Waals surface area contributed by atoms with Crippen molar-refractivity contribution in [1.82, 2.24) is 4.90 Å². The Kier molecular flexibility index (Phi) is 4.18. The van der Waals surface area contributed by atoms with E-state index in [0.29, 0.717) is 0 Å². The van der Waals surface area contributed by atoms with Crippen LogP contribution in [0, 0.1) is 5.92 Å². The highest BCUT2D eigenvalue weighted by Gasteiger charge is 2.17. The van der Waals surface area contributed by atoms with Crippen molar-refractivity contribution < 1.29 is 0 Å². The number of thioether (sulfide) groups is 1. The van der Waals surface area contributed by atoms with Crippen LogP contribution in [0.5, 0.6) is 0 Å². The largest absolute Gasteiger partial charge is 0.370 e. The van der Waals surface area contributed by atoms with Gasteiger partial charge in [0.2, 0.25) is 0 Å². The van der Waals surface area contributed by atoms with Crippen LogP contribution in [0.15, 0.2) is 4.99 Å². The maximum atomic E-state index is 5.96. The summed E-state index contributed by atoms with van der Waals surface area (Å²) in [5.41, 5.74) is 5.96. The lowest BCUT2D eigenvalue weighted by Crippen LogP contribution is -2.42. The Bertz CT molecular complexity index is 220. The van der Waals surface area contributed by atoms with E-state index in [0.717, 1.165) is 31.5 Å². The van der Waals surface area contributed by atoms with E-state index in [-0.39, 0.29) is 0 Å². The standard InChI is InChI=1S/C11H21N3S/c12-11(14-6-8-15-9-7-14)13-5-4-10-2-1-3-10/h10H,1-9H2,(H2,12,13). The molecule has 1 aliphatic heterocycles. The Morgan fingerprint density at radius 3 is 2.67 bits per heavy atom. The van der Waals surface area contributed by atoms with Crippen molar-refractivity contribution in [2.24, 2.45) is 16.6 Å². The number of nitrogens with two attached hydrogens (primary N) is 1. The average Bonchev–Trinajstić information content (AvgIpc) is 2.23. The summed E-state index contributed by atoms with van der Waals surface area (Å²) >= 11 is 2.01. The first kappa shape index (κ1) is 11.1. The van der Waals surface area contributed by atoms with E-state index < -0.39 is 0 Å². The third-order valence-corrected chi connectivity index (χ3v) is 4.31. The van der Waals surface area contributed by atoms with Gasteiger partial charge in [-0.1, -0.05) is 19.3 Å². The van der Waals surface area contributed by atoms with E-state index in [4.69, 9.17) is 5.73 Å². The minimum absolute atomic E-state index is 0.773. The Morgan fingerprint density at radius 1 is 1.33 bits per heavy atom. The fourth-order valence-electron chi connectivity index (χ4n) is 2.04. The molecule has 3 nitrogen and oxygen atoms in total. The van der Waals surface area contributed by atoms with Gasteiger partial charge in [0.15, 0.2) is 5.96 Å². The monoisotopic (exact) mass is 227 g/mol. The van der Waals surface area contributed by atoms with Gasteiger partial charge in [-0.05, 0) is 12.3 Å². The number of hydrogen-bond donors (Lipinski definition) is 1. The van der Waals surface area contributed by atoms with Gasteiger partial charge in [0, 0.05) is 31.1 Å². The van der Waals surface area contributed by atoms with E-state index in [2.05, 4.69) is 9.89 Å². The van der Waals surface area contributed by atoms with Gasteiger partial charge in [-0.3, -0.25) is 4.99 Å². The molecule has 86 valence electrons. The zero-order valence-corrected chi connectivity index (χ0v) is 10.1. The molecule has 15 heavy (non-hydrogen) atoms. The predicted molar refractivity (Wildman–Crippen MR) is 67.3 cm³/mol. The van der Waals surface area contributed by atoms with Crippen LogP contribution in [0.25, 0.3) is 0 Å². The molecule has 0 bridgehead atoms. The summed E-state index contributed by atoms with van der Waals surface area (Å²) in [6.45, 7) is 3.08. The van der Waals surface area contributed by atoms with Gasteiger partial charge in [-0.25, -0.2) is 0 Å². The first-order chi connectivity index (χ1) is 7.36. The zero-order valence-electron chi connectivity index (χ0n) is 9.32. The van der Waals surface area contributed by atoms with Crippen molar-refractivity contribution in [2.45, 2.75) is 25.7 Å². The molecule has 0 spiro atoms. The van der Waals surface area contributed by atoms with Crippen LogP contribution in [-0.2, 0) is 0 Å². The van der Waals surface area contributed by atoms with Gasteiger partial charge in [0.05, 0.1) is 0 Å². The third-order valence-electron chi connectivity index (χ3n) is 3.37.